The average Bonchev–Trinajstić information content (AvgIpc) is 2.39. The maximum absolute atomic E-state index is 12.3. The van der Waals surface area contributed by atoms with Crippen LogP contribution in [-0.2, 0) is 0 Å². The van der Waals surface area contributed by atoms with Crippen LogP contribution in [0.1, 0.15) is 50.0 Å². The van der Waals surface area contributed by atoms with Crippen molar-refractivity contribution < 1.29 is 4.79 Å². The molecule has 1 amide bonds. The zero-order valence-corrected chi connectivity index (χ0v) is 11.2. The number of aromatic nitrogens is 2. The van der Waals surface area contributed by atoms with E-state index >= 15 is 0 Å². The van der Waals surface area contributed by atoms with E-state index in [4.69, 9.17) is 5.73 Å². The van der Waals surface area contributed by atoms with E-state index in [-0.39, 0.29) is 5.91 Å². The maximum Gasteiger partial charge on any atom is 0.274 e. The number of carbonyl (C=O) groups is 1. The SMILES string of the molecule is CCCCN(CCCC)C(=O)c1ccc(N)nn1. The summed E-state index contributed by atoms with van der Waals surface area (Å²) in [5.41, 5.74) is 5.84. The standard InChI is InChI=1S/C13H22N4O/c1-3-5-9-17(10-6-4-2)13(18)11-7-8-12(14)16-15-11/h7-8H,3-6,9-10H2,1-2H3,(H2,14,16). The van der Waals surface area contributed by atoms with Crippen molar-refractivity contribution in [2.45, 2.75) is 39.5 Å². The fourth-order valence-corrected chi connectivity index (χ4v) is 1.63. The largest absolute Gasteiger partial charge is 0.382 e. The summed E-state index contributed by atoms with van der Waals surface area (Å²) >= 11 is 0. The highest BCUT2D eigenvalue weighted by Crippen LogP contribution is 2.06. The topological polar surface area (TPSA) is 72.1 Å². The Hall–Kier alpha value is -1.65. The van der Waals surface area contributed by atoms with Crippen molar-refractivity contribution in [2.75, 3.05) is 18.8 Å². The third-order valence-electron chi connectivity index (χ3n) is 2.75. The van der Waals surface area contributed by atoms with E-state index < -0.39 is 0 Å². The Morgan fingerprint density at radius 1 is 1.17 bits per heavy atom. The van der Waals surface area contributed by atoms with Crippen molar-refractivity contribution in [3.8, 4) is 0 Å². The van der Waals surface area contributed by atoms with E-state index in [9.17, 15) is 4.79 Å². The van der Waals surface area contributed by atoms with Gasteiger partial charge in [-0.15, -0.1) is 10.2 Å². The molecule has 1 aromatic rings. The molecule has 0 unspecified atom stereocenters. The Labute approximate surface area is 108 Å². The van der Waals surface area contributed by atoms with Gasteiger partial charge >= 0.3 is 0 Å². The van der Waals surface area contributed by atoms with Gasteiger partial charge in [0.2, 0.25) is 0 Å². The Morgan fingerprint density at radius 3 is 2.22 bits per heavy atom. The summed E-state index contributed by atoms with van der Waals surface area (Å²) in [7, 11) is 0. The van der Waals surface area contributed by atoms with E-state index in [1.54, 1.807) is 12.1 Å². The highest BCUT2D eigenvalue weighted by atomic mass is 16.2. The van der Waals surface area contributed by atoms with Gasteiger partial charge in [-0.05, 0) is 25.0 Å². The van der Waals surface area contributed by atoms with Gasteiger partial charge < -0.3 is 10.6 Å². The number of rotatable bonds is 7. The zero-order valence-electron chi connectivity index (χ0n) is 11.2. The zero-order chi connectivity index (χ0) is 13.4. The predicted molar refractivity (Wildman–Crippen MR) is 72.2 cm³/mol. The molecule has 0 radical (unpaired) electrons. The molecule has 0 spiro atoms. The van der Waals surface area contributed by atoms with Crippen LogP contribution in [0.25, 0.3) is 0 Å². The maximum atomic E-state index is 12.3. The summed E-state index contributed by atoms with van der Waals surface area (Å²) in [6.07, 6.45) is 4.17. The van der Waals surface area contributed by atoms with Crippen molar-refractivity contribution in [3.05, 3.63) is 17.8 Å². The van der Waals surface area contributed by atoms with Crippen LogP contribution in [0.3, 0.4) is 0 Å². The second-order valence-corrected chi connectivity index (χ2v) is 4.34. The van der Waals surface area contributed by atoms with Gasteiger partial charge in [0.15, 0.2) is 5.69 Å². The minimum absolute atomic E-state index is 0.0515. The Kier molecular flexibility index (Phi) is 6.11. The van der Waals surface area contributed by atoms with Gasteiger partial charge in [0.05, 0.1) is 0 Å². The summed E-state index contributed by atoms with van der Waals surface area (Å²) in [6.45, 7) is 5.79. The smallest absolute Gasteiger partial charge is 0.274 e. The lowest BCUT2D eigenvalue weighted by Gasteiger charge is -2.21. The van der Waals surface area contributed by atoms with Gasteiger partial charge in [0.1, 0.15) is 5.82 Å². The average molecular weight is 250 g/mol. The van der Waals surface area contributed by atoms with E-state index in [0.717, 1.165) is 38.8 Å². The summed E-state index contributed by atoms with van der Waals surface area (Å²) in [6, 6.07) is 3.24. The van der Waals surface area contributed by atoms with Crippen LogP contribution in [0.15, 0.2) is 12.1 Å². The molecular weight excluding hydrogens is 228 g/mol. The number of hydrogen-bond acceptors (Lipinski definition) is 4. The predicted octanol–water partition coefficient (Wildman–Crippen LogP) is 2.10. The molecule has 0 bridgehead atoms. The lowest BCUT2D eigenvalue weighted by atomic mass is 10.2. The highest BCUT2D eigenvalue weighted by molar-refractivity contribution is 5.92. The molecule has 0 fully saturated rings. The first-order valence-corrected chi connectivity index (χ1v) is 6.57. The lowest BCUT2D eigenvalue weighted by molar-refractivity contribution is 0.0744. The van der Waals surface area contributed by atoms with Crippen LogP contribution < -0.4 is 5.73 Å². The summed E-state index contributed by atoms with van der Waals surface area (Å²) < 4.78 is 0. The molecule has 0 aromatic carbocycles. The van der Waals surface area contributed by atoms with Gasteiger partial charge in [-0.2, -0.15) is 0 Å². The Morgan fingerprint density at radius 2 is 1.78 bits per heavy atom. The molecule has 1 rings (SSSR count). The normalized spacial score (nSPS) is 10.3. The number of nitrogen functional groups attached to an aromatic ring is 1. The number of hydrogen-bond donors (Lipinski definition) is 1. The van der Waals surface area contributed by atoms with E-state index in [0.29, 0.717) is 11.5 Å². The Balaban J connectivity index is 2.70. The molecule has 0 atom stereocenters. The number of unbranched alkanes of at least 4 members (excludes halogenated alkanes) is 2. The fourth-order valence-electron chi connectivity index (χ4n) is 1.63. The molecule has 1 aromatic heterocycles. The van der Waals surface area contributed by atoms with E-state index in [1.165, 1.54) is 0 Å². The molecule has 0 saturated heterocycles. The van der Waals surface area contributed by atoms with E-state index in [1.807, 2.05) is 4.90 Å². The van der Waals surface area contributed by atoms with Crippen molar-refractivity contribution in [1.29, 1.82) is 0 Å². The first-order valence-electron chi connectivity index (χ1n) is 6.57. The van der Waals surface area contributed by atoms with Crippen molar-refractivity contribution >= 4 is 11.7 Å². The van der Waals surface area contributed by atoms with Crippen LogP contribution in [-0.4, -0.2) is 34.1 Å². The summed E-state index contributed by atoms with van der Waals surface area (Å²) in [4.78, 5) is 14.1. The monoisotopic (exact) mass is 250 g/mol. The van der Waals surface area contributed by atoms with E-state index in [2.05, 4.69) is 24.0 Å². The molecule has 0 saturated carbocycles. The van der Waals surface area contributed by atoms with Gasteiger partial charge in [-0.3, -0.25) is 4.79 Å². The minimum atomic E-state index is -0.0515. The Bertz CT molecular complexity index is 356. The molecule has 18 heavy (non-hydrogen) atoms. The second-order valence-electron chi connectivity index (χ2n) is 4.34. The minimum Gasteiger partial charge on any atom is -0.382 e. The molecule has 0 aliphatic carbocycles. The fraction of sp³-hybridized carbons (Fsp3) is 0.615. The molecule has 1 heterocycles. The first kappa shape index (κ1) is 14.4. The number of anilines is 1. The number of nitrogens with zero attached hydrogens (tertiary/aromatic N) is 3. The second kappa shape index (κ2) is 7.63. The number of carbonyl (C=O) groups excluding carboxylic acids is 1. The van der Waals surface area contributed by atoms with Gasteiger partial charge in [0.25, 0.3) is 5.91 Å². The van der Waals surface area contributed by atoms with Gasteiger partial charge in [-0.25, -0.2) is 0 Å². The van der Waals surface area contributed by atoms with Crippen LogP contribution in [0.4, 0.5) is 5.82 Å². The molecule has 0 aliphatic heterocycles. The molecule has 2 N–H and O–H groups in total. The third-order valence-corrected chi connectivity index (χ3v) is 2.75. The van der Waals surface area contributed by atoms with Crippen LogP contribution >= 0.6 is 0 Å². The summed E-state index contributed by atoms with van der Waals surface area (Å²) in [5, 5.41) is 7.57. The van der Waals surface area contributed by atoms with Crippen LogP contribution in [0, 0.1) is 0 Å². The highest BCUT2D eigenvalue weighted by Gasteiger charge is 2.16. The van der Waals surface area contributed by atoms with Crippen LogP contribution in [0.2, 0.25) is 0 Å². The van der Waals surface area contributed by atoms with Gasteiger partial charge in [-0.1, -0.05) is 26.7 Å². The lowest BCUT2D eigenvalue weighted by Crippen LogP contribution is -2.33. The van der Waals surface area contributed by atoms with Crippen molar-refractivity contribution in [3.63, 3.8) is 0 Å². The first-order chi connectivity index (χ1) is 8.69. The molecule has 5 nitrogen and oxygen atoms in total. The molecule has 5 heteroatoms. The third kappa shape index (κ3) is 4.31. The van der Waals surface area contributed by atoms with Crippen molar-refractivity contribution in [2.24, 2.45) is 0 Å². The van der Waals surface area contributed by atoms with Gasteiger partial charge in [0, 0.05) is 13.1 Å². The molecule has 0 aliphatic rings. The number of amides is 1. The number of nitrogens with two attached hydrogens (primary N) is 1. The van der Waals surface area contributed by atoms with Crippen LogP contribution in [0.5, 0.6) is 0 Å². The summed E-state index contributed by atoms with van der Waals surface area (Å²) in [5.74, 6) is 0.282. The van der Waals surface area contributed by atoms with Crippen molar-refractivity contribution in [1.82, 2.24) is 15.1 Å². The molecular formula is C13H22N4O. The quantitative estimate of drug-likeness (QED) is 0.804. The molecule has 100 valence electrons.